The smallest absolute Gasteiger partial charge is 0.226 e. The molecule has 0 amide bonds. The van der Waals surface area contributed by atoms with E-state index in [1.54, 1.807) is 13.8 Å². The van der Waals surface area contributed by atoms with Crippen LogP contribution in [0.25, 0.3) is 11.1 Å². The molecular formula is C11H14N2O2. The van der Waals surface area contributed by atoms with Gasteiger partial charge in [-0.25, -0.2) is 4.98 Å². The van der Waals surface area contributed by atoms with E-state index in [2.05, 4.69) is 4.98 Å². The Morgan fingerprint density at radius 2 is 2.07 bits per heavy atom. The van der Waals surface area contributed by atoms with Crippen molar-refractivity contribution >= 4 is 11.1 Å². The van der Waals surface area contributed by atoms with Gasteiger partial charge in [-0.15, -0.1) is 0 Å². The Kier molecular flexibility index (Phi) is 2.25. The van der Waals surface area contributed by atoms with Crippen molar-refractivity contribution < 1.29 is 9.52 Å². The average molecular weight is 206 g/mol. The van der Waals surface area contributed by atoms with Crippen LogP contribution in [0.1, 0.15) is 25.8 Å². The fourth-order valence-corrected chi connectivity index (χ4v) is 1.33. The number of oxazole rings is 1. The summed E-state index contributed by atoms with van der Waals surface area (Å²) in [4.78, 5) is 4.18. The summed E-state index contributed by atoms with van der Waals surface area (Å²) in [6.07, 6.45) is -0.898. The zero-order valence-corrected chi connectivity index (χ0v) is 8.77. The average Bonchev–Trinajstić information content (AvgIpc) is 2.58. The largest absolute Gasteiger partial charge is 0.438 e. The minimum atomic E-state index is -0.898. The number of hydrogen-bond acceptors (Lipinski definition) is 4. The van der Waals surface area contributed by atoms with Crippen LogP contribution in [0.2, 0.25) is 0 Å². The fourth-order valence-electron chi connectivity index (χ4n) is 1.33. The first kappa shape index (κ1) is 10.1. The standard InChI is InChI=1S/C11H14N2O2/c1-11(2,12)9(14)10-13-7-5-3-4-6-8(7)15-10/h3-6,9,14H,12H2,1-2H3. The van der Waals surface area contributed by atoms with Crippen LogP contribution in [0.3, 0.4) is 0 Å². The van der Waals surface area contributed by atoms with Crippen molar-refractivity contribution in [1.29, 1.82) is 0 Å². The van der Waals surface area contributed by atoms with Crippen LogP contribution in [0.5, 0.6) is 0 Å². The molecule has 1 heterocycles. The summed E-state index contributed by atoms with van der Waals surface area (Å²) in [6.45, 7) is 3.46. The maximum Gasteiger partial charge on any atom is 0.226 e. The van der Waals surface area contributed by atoms with Gasteiger partial charge in [-0.2, -0.15) is 0 Å². The molecule has 0 saturated carbocycles. The lowest BCUT2D eigenvalue weighted by molar-refractivity contribution is 0.0791. The lowest BCUT2D eigenvalue weighted by Crippen LogP contribution is -2.39. The predicted octanol–water partition coefficient (Wildman–Crippen LogP) is 1.60. The van der Waals surface area contributed by atoms with Gasteiger partial charge in [0, 0.05) is 5.54 Å². The SMILES string of the molecule is CC(C)(N)C(O)c1nc2ccccc2o1. The van der Waals surface area contributed by atoms with Gasteiger partial charge in [0.25, 0.3) is 0 Å². The lowest BCUT2D eigenvalue weighted by atomic mass is 9.99. The van der Waals surface area contributed by atoms with E-state index in [9.17, 15) is 5.11 Å². The van der Waals surface area contributed by atoms with Crippen molar-refractivity contribution in [3.8, 4) is 0 Å². The summed E-state index contributed by atoms with van der Waals surface area (Å²) < 4.78 is 5.42. The number of fused-ring (bicyclic) bond motifs is 1. The van der Waals surface area contributed by atoms with Gasteiger partial charge in [-0.3, -0.25) is 0 Å². The van der Waals surface area contributed by atoms with Crippen LogP contribution < -0.4 is 5.73 Å². The van der Waals surface area contributed by atoms with E-state index in [0.29, 0.717) is 5.58 Å². The zero-order valence-electron chi connectivity index (χ0n) is 8.77. The second kappa shape index (κ2) is 3.32. The Bertz CT molecular complexity index is 438. The summed E-state index contributed by atoms with van der Waals surface area (Å²) in [6, 6.07) is 7.37. The molecule has 15 heavy (non-hydrogen) atoms. The highest BCUT2D eigenvalue weighted by Gasteiger charge is 2.28. The first-order valence-corrected chi connectivity index (χ1v) is 4.81. The molecule has 0 saturated heterocycles. The third-order valence-electron chi connectivity index (χ3n) is 2.25. The molecule has 80 valence electrons. The van der Waals surface area contributed by atoms with Crippen LogP contribution in [-0.4, -0.2) is 15.6 Å². The Labute approximate surface area is 87.7 Å². The van der Waals surface area contributed by atoms with Crippen molar-refractivity contribution in [2.75, 3.05) is 0 Å². The molecule has 1 atom stereocenters. The quantitative estimate of drug-likeness (QED) is 0.782. The number of aliphatic hydroxyl groups excluding tert-OH is 1. The van der Waals surface area contributed by atoms with E-state index < -0.39 is 11.6 Å². The van der Waals surface area contributed by atoms with E-state index >= 15 is 0 Å². The summed E-state index contributed by atoms with van der Waals surface area (Å²) in [5.41, 5.74) is 6.41. The molecule has 1 aromatic carbocycles. The molecule has 2 rings (SSSR count). The highest BCUT2D eigenvalue weighted by Crippen LogP contribution is 2.25. The van der Waals surface area contributed by atoms with Crippen LogP contribution in [0.4, 0.5) is 0 Å². The van der Waals surface area contributed by atoms with Gasteiger partial charge in [-0.1, -0.05) is 12.1 Å². The number of aromatic nitrogens is 1. The van der Waals surface area contributed by atoms with Gasteiger partial charge in [0.2, 0.25) is 5.89 Å². The van der Waals surface area contributed by atoms with Crippen molar-refractivity contribution in [3.05, 3.63) is 30.2 Å². The van der Waals surface area contributed by atoms with Crippen LogP contribution in [0, 0.1) is 0 Å². The number of para-hydroxylation sites is 2. The summed E-state index contributed by atoms with van der Waals surface area (Å²) in [5.74, 6) is 0.267. The van der Waals surface area contributed by atoms with Crippen LogP contribution in [-0.2, 0) is 0 Å². The Balaban J connectivity index is 2.45. The number of nitrogens with two attached hydrogens (primary N) is 1. The third kappa shape index (κ3) is 1.86. The lowest BCUT2D eigenvalue weighted by Gasteiger charge is -2.22. The van der Waals surface area contributed by atoms with Gasteiger partial charge in [0.05, 0.1) is 0 Å². The molecule has 0 bridgehead atoms. The van der Waals surface area contributed by atoms with E-state index in [1.807, 2.05) is 24.3 Å². The van der Waals surface area contributed by atoms with E-state index in [0.717, 1.165) is 5.52 Å². The Hall–Kier alpha value is -1.39. The van der Waals surface area contributed by atoms with Gasteiger partial charge in [-0.05, 0) is 26.0 Å². The van der Waals surface area contributed by atoms with Gasteiger partial charge >= 0.3 is 0 Å². The number of nitrogens with zero attached hydrogens (tertiary/aromatic N) is 1. The third-order valence-corrected chi connectivity index (χ3v) is 2.25. The molecule has 0 aliphatic carbocycles. The number of hydrogen-bond donors (Lipinski definition) is 2. The van der Waals surface area contributed by atoms with Gasteiger partial charge in [0.15, 0.2) is 5.58 Å². The molecule has 0 aliphatic heterocycles. The monoisotopic (exact) mass is 206 g/mol. The molecule has 0 spiro atoms. The van der Waals surface area contributed by atoms with Crippen LogP contribution >= 0.6 is 0 Å². The van der Waals surface area contributed by atoms with E-state index in [1.165, 1.54) is 0 Å². The molecule has 0 aliphatic rings. The normalized spacial score (nSPS) is 14.4. The van der Waals surface area contributed by atoms with E-state index in [-0.39, 0.29) is 5.89 Å². The first-order chi connectivity index (χ1) is 6.98. The topological polar surface area (TPSA) is 72.3 Å². The van der Waals surface area contributed by atoms with Crippen molar-refractivity contribution in [2.24, 2.45) is 5.73 Å². The number of aliphatic hydroxyl groups is 1. The molecule has 3 N–H and O–H groups in total. The molecule has 1 aromatic heterocycles. The van der Waals surface area contributed by atoms with Crippen molar-refractivity contribution in [1.82, 2.24) is 4.98 Å². The Morgan fingerprint density at radius 1 is 1.40 bits per heavy atom. The highest BCUT2D eigenvalue weighted by atomic mass is 16.4. The maximum atomic E-state index is 9.88. The number of benzene rings is 1. The van der Waals surface area contributed by atoms with Crippen molar-refractivity contribution in [3.63, 3.8) is 0 Å². The molecule has 0 fully saturated rings. The van der Waals surface area contributed by atoms with Crippen molar-refractivity contribution in [2.45, 2.75) is 25.5 Å². The van der Waals surface area contributed by atoms with Crippen LogP contribution in [0.15, 0.2) is 28.7 Å². The second-order valence-electron chi connectivity index (χ2n) is 4.24. The molecule has 4 nitrogen and oxygen atoms in total. The molecule has 0 radical (unpaired) electrons. The maximum absolute atomic E-state index is 9.88. The summed E-state index contributed by atoms with van der Waals surface area (Å²) in [5, 5.41) is 9.88. The summed E-state index contributed by atoms with van der Waals surface area (Å²) in [7, 11) is 0. The fraction of sp³-hybridized carbons (Fsp3) is 0.364. The molecular weight excluding hydrogens is 192 g/mol. The zero-order chi connectivity index (χ0) is 11.1. The van der Waals surface area contributed by atoms with E-state index in [4.69, 9.17) is 10.2 Å². The minimum absolute atomic E-state index is 0.267. The van der Waals surface area contributed by atoms with Gasteiger partial charge in [0.1, 0.15) is 11.6 Å². The Morgan fingerprint density at radius 3 is 2.67 bits per heavy atom. The predicted molar refractivity (Wildman–Crippen MR) is 57.2 cm³/mol. The molecule has 1 unspecified atom stereocenters. The molecule has 2 aromatic rings. The minimum Gasteiger partial charge on any atom is -0.438 e. The summed E-state index contributed by atoms with van der Waals surface area (Å²) >= 11 is 0. The molecule has 4 heteroatoms. The first-order valence-electron chi connectivity index (χ1n) is 4.81. The highest BCUT2D eigenvalue weighted by molar-refractivity contribution is 5.72. The second-order valence-corrected chi connectivity index (χ2v) is 4.24. The van der Waals surface area contributed by atoms with Gasteiger partial charge < -0.3 is 15.3 Å². The number of rotatable bonds is 2.